The summed E-state index contributed by atoms with van der Waals surface area (Å²) in [5.74, 6) is 0. The van der Waals surface area contributed by atoms with Crippen LogP contribution >= 0.6 is 11.3 Å². The van der Waals surface area contributed by atoms with Gasteiger partial charge >= 0.3 is 0 Å². The zero-order valence-electron chi connectivity index (χ0n) is 5.96. The number of aromatic amines is 1. The maximum atomic E-state index is 4.27. The average Bonchev–Trinajstić information content (AvgIpc) is 2.55. The highest BCUT2D eigenvalue weighted by molar-refractivity contribution is 7.09. The molecule has 55 valence electrons. The lowest BCUT2D eigenvalue weighted by atomic mass is 10.3. The molecule has 0 unspecified atom stereocenters. The van der Waals surface area contributed by atoms with Gasteiger partial charge in [0.1, 0.15) is 11.4 Å². The van der Waals surface area contributed by atoms with E-state index < -0.39 is 0 Å². The summed E-state index contributed by atoms with van der Waals surface area (Å²) in [6.07, 6.45) is 2.77. The summed E-state index contributed by atoms with van der Waals surface area (Å²) < 4.78 is 0. The van der Waals surface area contributed by atoms with Crippen LogP contribution in [0.1, 0.15) is 5.01 Å². The highest BCUT2D eigenvalue weighted by Gasteiger charge is 2.02. The number of H-pyrrole nitrogens is 1. The molecule has 1 N–H and O–H groups in total. The highest BCUT2D eigenvalue weighted by atomic mass is 32.1. The Labute approximate surface area is 68.1 Å². The van der Waals surface area contributed by atoms with Crippen molar-refractivity contribution in [3.63, 3.8) is 0 Å². The molecule has 2 aromatic rings. The van der Waals surface area contributed by atoms with Crippen molar-refractivity contribution >= 4 is 11.3 Å². The fraction of sp³-hybridized carbons (Fsp3) is 0.143. The molecule has 1 radical (unpaired) electrons. The molecule has 0 bridgehead atoms. The Morgan fingerprint density at radius 1 is 1.55 bits per heavy atom. The number of hydrogen-bond donors (Lipinski definition) is 1. The molecule has 0 aliphatic carbocycles. The van der Waals surface area contributed by atoms with Gasteiger partial charge in [-0.15, -0.1) is 11.3 Å². The molecule has 3 nitrogen and oxygen atoms in total. The summed E-state index contributed by atoms with van der Waals surface area (Å²) >= 11 is 1.62. The average molecular weight is 164 g/mol. The minimum atomic E-state index is 0.856. The normalized spacial score (nSPS) is 10.3. The van der Waals surface area contributed by atoms with Crippen molar-refractivity contribution in [2.75, 3.05) is 0 Å². The van der Waals surface area contributed by atoms with E-state index in [1.54, 1.807) is 17.4 Å². The SMILES string of the molecule is Cc1nc(-c2c[c][nH]n2)cs1. The molecule has 0 aromatic carbocycles. The van der Waals surface area contributed by atoms with Gasteiger partial charge in [0.05, 0.1) is 11.2 Å². The summed E-state index contributed by atoms with van der Waals surface area (Å²) in [6, 6.07) is 1.79. The third-order valence-electron chi connectivity index (χ3n) is 1.33. The van der Waals surface area contributed by atoms with Crippen LogP contribution in [-0.2, 0) is 0 Å². The van der Waals surface area contributed by atoms with E-state index in [2.05, 4.69) is 21.4 Å². The van der Waals surface area contributed by atoms with Crippen LogP contribution in [0.15, 0.2) is 11.4 Å². The molecular formula is C7H6N3S. The van der Waals surface area contributed by atoms with Crippen molar-refractivity contribution in [2.24, 2.45) is 0 Å². The zero-order chi connectivity index (χ0) is 7.68. The second-order valence-electron chi connectivity index (χ2n) is 2.15. The lowest BCUT2D eigenvalue weighted by Crippen LogP contribution is -1.77. The van der Waals surface area contributed by atoms with Crippen LogP contribution in [0.3, 0.4) is 0 Å². The van der Waals surface area contributed by atoms with Gasteiger partial charge in [-0.3, -0.25) is 5.10 Å². The van der Waals surface area contributed by atoms with Gasteiger partial charge in [-0.1, -0.05) is 0 Å². The zero-order valence-corrected chi connectivity index (χ0v) is 6.77. The minimum Gasteiger partial charge on any atom is -0.276 e. The summed E-state index contributed by atoms with van der Waals surface area (Å²) in [7, 11) is 0. The number of nitrogens with zero attached hydrogens (tertiary/aromatic N) is 2. The van der Waals surface area contributed by atoms with E-state index in [1.165, 1.54) is 0 Å². The molecule has 2 rings (SSSR count). The third kappa shape index (κ3) is 1.17. The summed E-state index contributed by atoms with van der Waals surface area (Å²) in [5, 5.41) is 9.63. The Hall–Kier alpha value is -1.16. The Balaban J connectivity index is 2.45. The molecule has 0 fully saturated rings. The summed E-state index contributed by atoms with van der Waals surface area (Å²) in [6.45, 7) is 1.98. The van der Waals surface area contributed by atoms with E-state index >= 15 is 0 Å². The molecule has 0 aliphatic heterocycles. The number of thiazole rings is 1. The Morgan fingerprint density at radius 3 is 3.00 bits per heavy atom. The van der Waals surface area contributed by atoms with E-state index in [0.717, 1.165) is 16.4 Å². The Kier molecular flexibility index (Phi) is 1.47. The minimum absolute atomic E-state index is 0.856. The van der Waals surface area contributed by atoms with Crippen molar-refractivity contribution in [3.8, 4) is 11.4 Å². The largest absolute Gasteiger partial charge is 0.276 e. The van der Waals surface area contributed by atoms with Gasteiger partial charge in [-0.2, -0.15) is 5.10 Å². The van der Waals surface area contributed by atoms with Crippen molar-refractivity contribution in [1.29, 1.82) is 0 Å². The van der Waals surface area contributed by atoms with Gasteiger partial charge in [0.25, 0.3) is 0 Å². The Morgan fingerprint density at radius 2 is 2.45 bits per heavy atom. The van der Waals surface area contributed by atoms with Gasteiger partial charge in [-0.25, -0.2) is 4.98 Å². The van der Waals surface area contributed by atoms with Crippen molar-refractivity contribution in [2.45, 2.75) is 6.92 Å². The second-order valence-corrected chi connectivity index (χ2v) is 3.21. The van der Waals surface area contributed by atoms with E-state index in [9.17, 15) is 0 Å². The predicted molar refractivity (Wildman–Crippen MR) is 43.3 cm³/mol. The van der Waals surface area contributed by atoms with Crippen molar-refractivity contribution in [3.05, 3.63) is 22.7 Å². The van der Waals surface area contributed by atoms with Crippen LogP contribution in [0.4, 0.5) is 0 Å². The quantitative estimate of drug-likeness (QED) is 0.696. The first-order valence-electron chi connectivity index (χ1n) is 3.20. The molecule has 0 saturated carbocycles. The molecular weight excluding hydrogens is 158 g/mol. The smallest absolute Gasteiger partial charge is 0.112 e. The topological polar surface area (TPSA) is 41.6 Å². The van der Waals surface area contributed by atoms with E-state index in [4.69, 9.17) is 0 Å². The number of aryl methyl sites for hydroxylation is 1. The Bertz CT molecular complexity index is 336. The van der Waals surface area contributed by atoms with Crippen LogP contribution in [-0.4, -0.2) is 15.2 Å². The standard InChI is InChI=1S/C7H6N3S/c1-5-9-7(4-11-5)6-2-3-8-10-6/h2,4H,1H3,(H,8,10). The maximum absolute atomic E-state index is 4.27. The van der Waals surface area contributed by atoms with Crippen LogP contribution in [0, 0.1) is 13.1 Å². The first-order chi connectivity index (χ1) is 5.36. The van der Waals surface area contributed by atoms with Gasteiger partial charge in [0.2, 0.25) is 0 Å². The number of nitrogens with one attached hydrogen (secondary N) is 1. The monoisotopic (exact) mass is 164 g/mol. The van der Waals surface area contributed by atoms with E-state index in [0.29, 0.717) is 0 Å². The van der Waals surface area contributed by atoms with Gasteiger partial charge in [-0.05, 0) is 13.0 Å². The summed E-state index contributed by atoms with van der Waals surface area (Å²) in [4.78, 5) is 4.27. The van der Waals surface area contributed by atoms with Crippen molar-refractivity contribution < 1.29 is 0 Å². The first kappa shape index (κ1) is 6.54. The van der Waals surface area contributed by atoms with E-state index in [1.807, 2.05) is 12.3 Å². The number of hydrogen-bond acceptors (Lipinski definition) is 3. The van der Waals surface area contributed by atoms with Gasteiger partial charge in [0.15, 0.2) is 0 Å². The number of rotatable bonds is 1. The van der Waals surface area contributed by atoms with Gasteiger partial charge in [0, 0.05) is 5.38 Å². The van der Waals surface area contributed by atoms with E-state index in [-0.39, 0.29) is 0 Å². The van der Waals surface area contributed by atoms with Gasteiger partial charge < -0.3 is 0 Å². The van der Waals surface area contributed by atoms with Crippen LogP contribution in [0.2, 0.25) is 0 Å². The molecule has 0 atom stereocenters. The fourth-order valence-electron chi connectivity index (χ4n) is 0.838. The molecule has 0 aliphatic rings. The number of aromatic nitrogens is 3. The molecule has 2 heterocycles. The van der Waals surface area contributed by atoms with Crippen LogP contribution in [0.5, 0.6) is 0 Å². The first-order valence-corrected chi connectivity index (χ1v) is 4.08. The molecule has 4 heteroatoms. The molecule has 11 heavy (non-hydrogen) atoms. The molecule has 0 spiro atoms. The van der Waals surface area contributed by atoms with Crippen LogP contribution in [0.25, 0.3) is 11.4 Å². The lowest BCUT2D eigenvalue weighted by molar-refractivity contribution is 1.08. The maximum Gasteiger partial charge on any atom is 0.112 e. The highest BCUT2D eigenvalue weighted by Crippen LogP contribution is 2.17. The van der Waals surface area contributed by atoms with Crippen LogP contribution < -0.4 is 0 Å². The molecule has 0 amide bonds. The van der Waals surface area contributed by atoms with Crippen molar-refractivity contribution in [1.82, 2.24) is 15.2 Å². The second kappa shape index (κ2) is 2.47. The molecule has 2 aromatic heterocycles. The molecule has 0 saturated heterocycles. The predicted octanol–water partition coefficient (Wildman–Crippen LogP) is 1.64. The third-order valence-corrected chi connectivity index (χ3v) is 2.10. The summed E-state index contributed by atoms with van der Waals surface area (Å²) in [5.41, 5.74) is 1.78. The lowest BCUT2D eigenvalue weighted by Gasteiger charge is -1.83. The fourth-order valence-corrected chi connectivity index (χ4v) is 1.44.